The second kappa shape index (κ2) is 4.63. The molecule has 0 fully saturated rings. The van der Waals surface area contributed by atoms with E-state index in [0.717, 1.165) is 10.0 Å². The van der Waals surface area contributed by atoms with Gasteiger partial charge in [-0.15, -0.1) is 0 Å². The summed E-state index contributed by atoms with van der Waals surface area (Å²) < 4.78 is 0.881. The van der Waals surface area contributed by atoms with Crippen LogP contribution in [0.4, 0.5) is 0 Å². The lowest BCUT2D eigenvalue weighted by atomic mass is 10.1. The first kappa shape index (κ1) is 11.7. The average Bonchev–Trinajstić information content (AvgIpc) is 2.28. The Kier molecular flexibility index (Phi) is 3.19. The van der Waals surface area contributed by atoms with Crippen molar-refractivity contribution >= 4 is 21.9 Å². The van der Waals surface area contributed by atoms with Gasteiger partial charge in [0, 0.05) is 16.2 Å². The molecular weight excluding hydrogens is 284 g/mol. The van der Waals surface area contributed by atoms with Crippen LogP contribution in [-0.4, -0.2) is 21.0 Å². The predicted octanol–water partition coefficient (Wildman–Crippen LogP) is 2.91. The number of carboxylic acid groups (broad SMARTS) is 1. The zero-order chi connectivity index (χ0) is 12.4. The maximum Gasteiger partial charge on any atom is 0.355 e. The van der Waals surface area contributed by atoms with E-state index in [1.165, 1.54) is 6.20 Å². The summed E-state index contributed by atoms with van der Waals surface area (Å²) in [6.07, 6.45) is 1.54. The number of benzene rings is 1. The monoisotopic (exact) mass is 292 g/mol. The third-order valence-electron chi connectivity index (χ3n) is 2.25. The van der Waals surface area contributed by atoms with E-state index in [2.05, 4.69) is 25.9 Å². The Balaban J connectivity index is 2.63. The lowest BCUT2D eigenvalue weighted by Gasteiger charge is -2.06. The summed E-state index contributed by atoms with van der Waals surface area (Å²) in [5.74, 6) is -0.605. The van der Waals surface area contributed by atoms with Crippen LogP contribution in [0.25, 0.3) is 11.1 Å². The van der Waals surface area contributed by atoms with E-state index in [1.54, 1.807) is 6.92 Å². The Bertz CT molecular complexity index is 584. The fraction of sp³-hybridized carbons (Fsp3) is 0.0833. The molecule has 0 aliphatic heterocycles. The average molecular weight is 293 g/mol. The second-order valence-corrected chi connectivity index (χ2v) is 4.41. The molecule has 4 nitrogen and oxygen atoms in total. The van der Waals surface area contributed by atoms with Gasteiger partial charge in [-0.3, -0.25) is 0 Å². The van der Waals surface area contributed by atoms with Crippen molar-refractivity contribution in [2.45, 2.75) is 6.92 Å². The number of carbonyl (C=O) groups is 1. The molecule has 1 aromatic carbocycles. The molecule has 0 radical (unpaired) electrons. The molecular formula is C12H9BrN2O2. The SMILES string of the molecule is Cc1ncc(-c2cccc(Br)c2)c(C(=O)O)n1. The molecule has 1 N–H and O–H groups in total. The minimum atomic E-state index is -1.05. The predicted molar refractivity (Wildman–Crippen MR) is 66.9 cm³/mol. The number of rotatable bonds is 2. The summed E-state index contributed by atoms with van der Waals surface area (Å²) in [5.41, 5.74) is 1.32. The van der Waals surface area contributed by atoms with Crippen molar-refractivity contribution in [3.05, 3.63) is 46.5 Å². The summed E-state index contributed by atoms with van der Waals surface area (Å²) in [7, 11) is 0. The van der Waals surface area contributed by atoms with Gasteiger partial charge in [-0.05, 0) is 24.6 Å². The van der Waals surface area contributed by atoms with Gasteiger partial charge in [-0.1, -0.05) is 28.1 Å². The van der Waals surface area contributed by atoms with E-state index in [1.807, 2.05) is 24.3 Å². The number of hydrogen-bond acceptors (Lipinski definition) is 3. The van der Waals surface area contributed by atoms with Gasteiger partial charge < -0.3 is 5.11 Å². The lowest BCUT2D eigenvalue weighted by molar-refractivity contribution is 0.0691. The Morgan fingerprint density at radius 2 is 2.18 bits per heavy atom. The number of hydrogen-bond donors (Lipinski definition) is 1. The molecule has 86 valence electrons. The van der Waals surface area contributed by atoms with E-state index >= 15 is 0 Å². The molecule has 0 amide bonds. The van der Waals surface area contributed by atoms with Crippen molar-refractivity contribution in [1.82, 2.24) is 9.97 Å². The number of aryl methyl sites for hydroxylation is 1. The van der Waals surface area contributed by atoms with Crippen molar-refractivity contribution in [1.29, 1.82) is 0 Å². The molecule has 0 atom stereocenters. The van der Waals surface area contributed by atoms with Crippen molar-refractivity contribution in [3.8, 4) is 11.1 Å². The Morgan fingerprint density at radius 3 is 2.82 bits per heavy atom. The Hall–Kier alpha value is -1.75. The summed E-state index contributed by atoms with van der Waals surface area (Å²) >= 11 is 3.35. The van der Waals surface area contributed by atoms with E-state index in [0.29, 0.717) is 11.4 Å². The maximum absolute atomic E-state index is 11.1. The standard InChI is InChI=1S/C12H9BrN2O2/c1-7-14-6-10(11(15-7)12(16)17)8-3-2-4-9(13)5-8/h2-6H,1H3,(H,16,17). The fourth-order valence-electron chi connectivity index (χ4n) is 1.50. The number of nitrogens with zero attached hydrogens (tertiary/aromatic N) is 2. The van der Waals surface area contributed by atoms with Gasteiger partial charge in [-0.25, -0.2) is 14.8 Å². The maximum atomic E-state index is 11.1. The zero-order valence-electron chi connectivity index (χ0n) is 9.01. The summed E-state index contributed by atoms with van der Waals surface area (Å²) in [4.78, 5) is 19.1. The highest BCUT2D eigenvalue weighted by Gasteiger charge is 2.14. The fourth-order valence-corrected chi connectivity index (χ4v) is 1.90. The van der Waals surface area contributed by atoms with Gasteiger partial charge in [0.05, 0.1) is 0 Å². The number of carboxylic acids is 1. The molecule has 1 aromatic heterocycles. The normalized spacial score (nSPS) is 10.2. The number of halogens is 1. The first-order chi connectivity index (χ1) is 8.08. The molecule has 0 bridgehead atoms. The highest BCUT2D eigenvalue weighted by molar-refractivity contribution is 9.10. The Labute approximate surface area is 106 Å². The van der Waals surface area contributed by atoms with Crippen molar-refractivity contribution in [2.24, 2.45) is 0 Å². The van der Waals surface area contributed by atoms with Crippen LogP contribution < -0.4 is 0 Å². The summed E-state index contributed by atoms with van der Waals surface area (Å²) in [6, 6.07) is 7.37. The molecule has 0 unspecified atom stereocenters. The summed E-state index contributed by atoms with van der Waals surface area (Å²) in [6.45, 7) is 1.66. The van der Waals surface area contributed by atoms with Crippen molar-refractivity contribution in [2.75, 3.05) is 0 Å². The summed E-state index contributed by atoms with van der Waals surface area (Å²) in [5, 5.41) is 9.12. The first-order valence-corrected chi connectivity index (χ1v) is 5.70. The molecule has 0 aliphatic rings. The van der Waals surface area contributed by atoms with Crippen molar-refractivity contribution < 1.29 is 9.90 Å². The van der Waals surface area contributed by atoms with Gasteiger partial charge >= 0.3 is 5.97 Å². The van der Waals surface area contributed by atoms with Gasteiger partial charge in [0.2, 0.25) is 0 Å². The van der Waals surface area contributed by atoms with Gasteiger partial charge in [0.15, 0.2) is 5.69 Å². The molecule has 1 heterocycles. The van der Waals surface area contributed by atoms with Gasteiger partial charge in [0.25, 0.3) is 0 Å². The number of aromatic nitrogens is 2. The third-order valence-corrected chi connectivity index (χ3v) is 2.74. The highest BCUT2D eigenvalue weighted by Crippen LogP contribution is 2.24. The third kappa shape index (κ3) is 2.50. The van der Waals surface area contributed by atoms with Crippen LogP contribution in [-0.2, 0) is 0 Å². The van der Waals surface area contributed by atoms with E-state index in [-0.39, 0.29) is 5.69 Å². The minimum Gasteiger partial charge on any atom is -0.476 e. The zero-order valence-corrected chi connectivity index (χ0v) is 10.6. The van der Waals surface area contributed by atoms with Crippen LogP contribution in [0.1, 0.15) is 16.3 Å². The molecule has 0 spiro atoms. The topological polar surface area (TPSA) is 63.1 Å². The van der Waals surface area contributed by atoms with Crippen LogP contribution >= 0.6 is 15.9 Å². The second-order valence-electron chi connectivity index (χ2n) is 3.49. The van der Waals surface area contributed by atoms with Crippen LogP contribution in [0.15, 0.2) is 34.9 Å². The molecule has 0 saturated heterocycles. The van der Waals surface area contributed by atoms with Gasteiger partial charge in [0.1, 0.15) is 5.82 Å². The molecule has 0 aliphatic carbocycles. The number of aromatic carboxylic acids is 1. The van der Waals surface area contributed by atoms with Crippen LogP contribution in [0.2, 0.25) is 0 Å². The quantitative estimate of drug-likeness (QED) is 0.924. The smallest absolute Gasteiger partial charge is 0.355 e. The minimum absolute atomic E-state index is 0.0237. The van der Waals surface area contributed by atoms with Crippen LogP contribution in [0.5, 0.6) is 0 Å². The van der Waals surface area contributed by atoms with E-state index in [9.17, 15) is 4.79 Å². The van der Waals surface area contributed by atoms with E-state index < -0.39 is 5.97 Å². The van der Waals surface area contributed by atoms with E-state index in [4.69, 9.17) is 5.11 Å². The molecule has 0 saturated carbocycles. The van der Waals surface area contributed by atoms with Crippen LogP contribution in [0, 0.1) is 6.92 Å². The molecule has 17 heavy (non-hydrogen) atoms. The lowest BCUT2D eigenvalue weighted by Crippen LogP contribution is -2.05. The van der Waals surface area contributed by atoms with Crippen LogP contribution in [0.3, 0.4) is 0 Å². The largest absolute Gasteiger partial charge is 0.476 e. The highest BCUT2D eigenvalue weighted by atomic mass is 79.9. The van der Waals surface area contributed by atoms with Crippen molar-refractivity contribution in [3.63, 3.8) is 0 Å². The molecule has 5 heteroatoms. The van der Waals surface area contributed by atoms with Gasteiger partial charge in [-0.2, -0.15) is 0 Å². The Morgan fingerprint density at radius 1 is 1.41 bits per heavy atom. The first-order valence-electron chi connectivity index (χ1n) is 4.91. The molecule has 2 aromatic rings. The molecule has 2 rings (SSSR count).